The van der Waals surface area contributed by atoms with Gasteiger partial charge in [0.25, 0.3) is 0 Å². The van der Waals surface area contributed by atoms with Crippen molar-refractivity contribution in [3.05, 3.63) is 52.6 Å². The number of hydrogen-bond donors (Lipinski definition) is 1. The molecule has 8 heteroatoms. The SMILES string of the molecule is Cc1nc2c(C#N)cnn2c(C)c1CCC(=O)NCc1ccc(OCC2CC2)nc1. The van der Waals surface area contributed by atoms with Crippen LogP contribution in [0.3, 0.4) is 0 Å². The van der Waals surface area contributed by atoms with Gasteiger partial charge in [-0.15, -0.1) is 0 Å². The van der Waals surface area contributed by atoms with E-state index in [9.17, 15) is 4.79 Å². The third-order valence-electron chi connectivity index (χ3n) is 5.38. The minimum atomic E-state index is -0.0406. The molecule has 0 bridgehead atoms. The van der Waals surface area contributed by atoms with Crippen molar-refractivity contribution in [2.45, 2.75) is 46.1 Å². The maximum Gasteiger partial charge on any atom is 0.220 e. The van der Waals surface area contributed by atoms with Crippen LogP contribution in [-0.4, -0.2) is 32.1 Å². The molecule has 0 spiro atoms. The number of fused-ring (bicyclic) bond motifs is 1. The van der Waals surface area contributed by atoms with Crippen molar-refractivity contribution in [2.24, 2.45) is 5.92 Å². The van der Waals surface area contributed by atoms with E-state index in [1.807, 2.05) is 26.0 Å². The highest BCUT2D eigenvalue weighted by atomic mass is 16.5. The molecule has 0 unspecified atom stereocenters. The van der Waals surface area contributed by atoms with Crippen molar-refractivity contribution < 1.29 is 9.53 Å². The Kier molecular flexibility index (Phi) is 5.61. The van der Waals surface area contributed by atoms with E-state index in [-0.39, 0.29) is 5.91 Å². The first kappa shape index (κ1) is 19.8. The Morgan fingerprint density at radius 2 is 2.17 bits per heavy atom. The van der Waals surface area contributed by atoms with E-state index >= 15 is 0 Å². The number of aromatic nitrogens is 4. The molecular formula is C22H24N6O2. The van der Waals surface area contributed by atoms with Crippen LogP contribution in [0.5, 0.6) is 5.88 Å². The number of pyridine rings is 1. The summed E-state index contributed by atoms with van der Waals surface area (Å²) in [5.41, 5.74) is 4.62. The molecule has 0 aliphatic heterocycles. The van der Waals surface area contributed by atoms with Gasteiger partial charge >= 0.3 is 0 Å². The average Bonchev–Trinajstić information content (AvgIpc) is 3.49. The topological polar surface area (TPSA) is 105 Å². The molecule has 4 rings (SSSR count). The second kappa shape index (κ2) is 8.49. The van der Waals surface area contributed by atoms with Crippen LogP contribution in [0, 0.1) is 31.1 Å². The quantitative estimate of drug-likeness (QED) is 0.619. The van der Waals surface area contributed by atoms with Gasteiger partial charge in [-0.25, -0.2) is 14.5 Å². The van der Waals surface area contributed by atoms with E-state index in [4.69, 9.17) is 10.00 Å². The Balaban J connectivity index is 1.31. The van der Waals surface area contributed by atoms with Gasteiger partial charge in [0, 0.05) is 36.6 Å². The molecule has 1 saturated carbocycles. The molecular weight excluding hydrogens is 380 g/mol. The van der Waals surface area contributed by atoms with Gasteiger partial charge in [-0.3, -0.25) is 4.79 Å². The summed E-state index contributed by atoms with van der Waals surface area (Å²) in [7, 11) is 0. The second-order valence-electron chi connectivity index (χ2n) is 7.70. The zero-order chi connectivity index (χ0) is 21.1. The van der Waals surface area contributed by atoms with E-state index in [1.54, 1.807) is 10.7 Å². The van der Waals surface area contributed by atoms with Crippen LogP contribution >= 0.6 is 0 Å². The molecule has 0 saturated heterocycles. The summed E-state index contributed by atoms with van der Waals surface area (Å²) in [6.07, 6.45) is 6.64. The molecule has 1 amide bonds. The lowest BCUT2D eigenvalue weighted by atomic mass is 10.1. The Morgan fingerprint density at radius 3 is 2.87 bits per heavy atom. The fourth-order valence-corrected chi connectivity index (χ4v) is 3.37. The van der Waals surface area contributed by atoms with Gasteiger partial charge in [-0.2, -0.15) is 10.4 Å². The molecule has 0 atom stereocenters. The third kappa shape index (κ3) is 4.40. The first-order chi connectivity index (χ1) is 14.5. The second-order valence-corrected chi connectivity index (χ2v) is 7.70. The number of nitrogens with one attached hydrogen (secondary N) is 1. The molecule has 1 aliphatic rings. The summed E-state index contributed by atoms with van der Waals surface area (Å²) in [4.78, 5) is 21.1. The van der Waals surface area contributed by atoms with E-state index in [0.717, 1.165) is 29.1 Å². The molecule has 0 aromatic carbocycles. The first-order valence-electron chi connectivity index (χ1n) is 10.1. The fourth-order valence-electron chi connectivity index (χ4n) is 3.37. The zero-order valence-electron chi connectivity index (χ0n) is 17.2. The number of hydrogen-bond acceptors (Lipinski definition) is 6. The average molecular weight is 404 g/mol. The maximum absolute atomic E-state index is 12.3. The molecule has 1 N–H and O–H groups in total. The van der Waals surface area contributed by atoms with Gasteiger partial charge in [0.15, 0.2) is 5.65 Å². The number of carbonyl (C=O) groups excluding carboxylic acids is 1. The largest absolute Gasteiger partial charge is 0.477 e. The highest BCUT2D eigenvalue weighted by molar-refractivity contribution is 5.76. The van der Waals surface area contributed by atoms with Crippen LogP contribution in [0.4, 0.5) is 0 Å². The molecule has 1 aliphatic carbocycles. The first-order valence-corrected chi connectivity index (χ1v) is 10.1. The van der Waals surface area contributed by atoms with Crippen molar-refractivity contribution >= 4 is 11.6 Å². The van der Waals surface area contributed by atoms with Gasteiger partial charge in [0.1, 0.15) is 11.6 Å². The van der Waals surface area contributed by atoms with Crippen LogP contribution in [0.25, 0.3) is 5.65 Å². The smallest absolute Gasteiger partial charge is 0.220 e. The summed E-state index contributed by atoms with van der Waals surface area (Å²) in [6, 6.07) is 5.87. The highest BCUT2D eigenvalue weighted by Gasteiger charge is 2.22. The lowest BCUT2D eigenvalue weighted by Crippen LogP contribution is -2.23. The van der Waals surface area contributed by atoms with Crippen molar-refractivity contribution in [2.75, 3.05) is 6.61 Å². The lowest BCUT2D eigenvalue weighted by Gasteiger charge is -2.11. The van der Waals surface area contributed by atoms with Crippen LogP contribution in [0.2, 0.25) is 0 Å². The summed E-state index contributed by atoms with van der Waals surface area (Å²) in [6.45, 7) is 4.99. The Labute approximate surface area is 174 Å². The number of nitrogens with zero attached hydrogens (tertiary/aromatic N) is 5. The number of carbonyl (C=O) groups is 1. The number of aryl methyl sites for hydroxylation is 2. The van der Waals surface area contributed by atoms with Crippen molar-refractivity contribution in [1.29, 1.82) is 5.26 Å². The summed E-state index contributed by atoms with van der Waals surface area (Å²) in [5.74, 6) is 1.28. The predicted octanol–water partition coefficient (Wildman–Crippen LogP) is 2.65. The Hall–Kier alpha value is -3.47. The van der Waals surface area contributed by atoms with Crippen LogP contribution < -0.4 is 10.1 Å². The molecule has 0 radical (unpaired) electrons. The standard InChI is InChI=1S/C22H24N6O2/c1-14-19(15(2)28-22(27-14)18(9-23)12-26-28)6-7-20(29)24-10-17-5-8-21(25-11-17)30-13-16-3-4-16/h5,8,11-12,16H,3-4,6-7,10,13H2,1-2H3,(H,24,29). The minimum absolute atomic E-state index is 0.0406. The van der Waals surface area contributed by atoms with Crippen LogP contribution in [-0.2, 0) is 17.8 Å². The van der Waals surface area contributed by atoms with Gasteiger partial charge in [-0.05, 0) is 50.2 Å². The minimum Gasteiger partial charge on any atom is -0.477 e. The monoisotopic (exact) mass is 404 g/mol. The van der Waals surface area contributed by atoms with Gasteiger partial charge < -0.3 is 10.1 Å². The van der Waals surface area contributed by atoms with Crippen molar-refractivity contribution in [3.8, 4) is 11.9 Å². The van der Waals surface area contributed by atoms with Gasteiger partial charge in [-0.1, -0.05) is 6.07 Å². The molecule has 8 nitrogen and oxygen atoms in total. The molecule has 3 aromatic rings. The number of amides is 1. The third-order valence-corrected chi connectivity index (χ3v) is 5.38. The number of rotatable bonds is 8. The fraction of sp³-hybridized carbons (Fsp3) is 0.409. The van der Waals surface area contributed by atoms with E-state index in [1.165, 1.54) is 19.0 Å². The summed E-state index contributed by atoms with van der Waals surface area (Å²) < 4.78 is 7.29. The summed E-state index contributed by atoms with van der Waals surface area (Å²) >= 11 is 0. The van der Waals surface area contributed by atoms with Gasteiger partial charge in [0.05, 0.1) is 12.8 Å². The lowest BCUT2D eigenvalue weighted by molar-refractivity contribution is -0.121. The molecule has 1 fully saturated rings. The van der Waals surface area contributed by atoms with E-state index in [2.05, 4.69) is 26.5 Å². The van der Waals surface area contributed by atoms with Crippen LogP contribution in [0.1, 0.15) is 47.3 Å². The number of ether oxygens (including phenoxy) is 1. The molecule has 3 aromatic heterocycles. The molecule has 30 heavy (non-hydrogen) atoms. The maximum atomic E-state index is 12.3. The van der Waals surface area contributed by atoms with Crippen molar-refractivity contribution in [3.63, 3.8) is 0 Å². The molecule has 154 valence electrons. The highest BCUT2D eigenvalue weighted by Crippen LogP contribution is 2.29. The van der Waals surface area contributed by atoms with E-state index in [0.29, 0.717) is 42.4 Å². The van der Waals surface area contributed by atoms with E-state index < -0.39 is 0 Å². The molecule has 3 heterocycles. The Bertz CT molecular complexity index is 1110. The normalized spacial score (nSPS) is 13.2. The van der Waals surface area contributed by atoms with Crippen LogP contribution in [0.15, 0.2) is 24.5 Å². The Morgan fingerprint density at radius 1 is 1.33 bits per heavy atom. The van der Waals surface area contributed by atoms with Crippen molar-refractivity contribution in [1.82, 2.24) is 24.9 Å². The zero-order valence-corrected chi connectivity index (χ0v) is 17.2. The predicted molar refractivity (Wildman–Crippen MR) is 110 cm³/mol. The van der Waals surface area contributed by atoms with Gasteiger partial charge in [0.2, 0.25) is 11.8 Å². The summed E-state index contributed by atoms with van der Waals surface area (Å²) in [5, 5.41) is 16.3. The number of nitriles is 1.